The third kappa shape index (κ3) is 7.12. The third-order valence-electron chi connectivity index (χ3n) is 7.91. The van der Waals surface area contributed by atoms with Crippen molar-refractivity contribution in [3.8, 4) is 11.5 Å². The van der Waals surface area contributed by atoms with E-state index in [1.165, 1.54) is 60.4 Å². The van der Waals surface area contributed by atoms with Crippen LogP contribution in [0.5, 0.6) is 11.5 Å². The summed E-state index contributed by atoms with van der Waals surface area (Å²) in [4.78, 5) is 28.4. The number of nitrogens with zero attached hydrogens (tertiary/aromatic N) is 2. The van der Waals surface area contributed by atoms with Gasteiger partial charge < -0.3 is 19.7 Å². The van der Waals surface area contributed by atoms with Crippen LogP contribution in [0.1, 0.15) is 44.6 Å². The van der Waals surface area contributed by atoms with E-state index in [4.69, 9.17) is 9.47 Å². The van der Waals surface area contributed by atoms with Crippen LogP contribution in [0, 0.1) is 11.6 Å². The summed E-state index contributed by atoms with van der Waals surface area (Å²) in [7, 11) is -4.43. The van der Waals surface area contributed by atoms with Crippen LogP contribution < -0.4 is 19.1 Å². The molecule has 234 valence electrons. The molecule has 0 unspecified atom stereocenters. The Morgan fingerprint density at radius 3 is 2.32 bits per heavy atom. The average molecular weight is 628 g/mol. The number of hydrogen-bond acceptors (Lipinski definition) is 6. The highest BCUT2D eigenvalue weighted by molar-refractivity contribution is 7.92. The number of carbonyl (C=O) groups is 2. The molecule has 5 rings (SSSR count). The second kappa shape index (κ2) is 13.6. The molecule has 1 aliphatic carbocycles. The SMILES string of the molecule is C[C@@H](C(=O)NC1CCCCC1)N(Cc1ccccc1F)C(=O)CN(c1ccc(F)cc1)S(=O)(=O)c1ccc2c(c1)OCCO2. The summed E-state index contributed by atoms with van der Waals surface area (Å²) in [5, 5.41) is 3.00. The number of rotatable bonds is 10. The van der Waals surface area contributed by atoms with Crippen LogP contribution in [0.4, 0.5) is 14.5 Å². The van der Waals surface area contributed by atoms with Crippen molar-refractivity contribution in [2.24, 2.45) is 0 Å². The van der Waals surface area contributed by atoms with Crippen LogP contribution in [0.2, 0.25) is 0 Å². The Labute approximate surface area is 255 Å². The molecule has 44 heavy (non-hydrogen) atoms. The normalized spacial score (nSPS) is 15.7. The third-order valence-corrected chi connectivity index (χ3v) is 9.68. The van der Waals surface area contributed by atoms with E-state index in [9.17, 15) is 26.8 Å². The number of nitrogens with one attached hydrogen (secondary N) is 1. The monoisotopic (exact) mass is 627 g/mol. The molecule has 1 heterocycles. The maximum Gasteiger partial charge on any atom is 0.264 e. The Balaban J connectivity index is 1.48. The van der Waals surface area contributed by atoms with Crippen LogP contribution in [0.3, 0.4) is 0 Å². The summed E-state index contributed by atoms with van der Waals surface area (Å²) >= 11 is 0. The van der Waals surface area contributed by atoms with Gasteiger partial charge in [-0.2, -0.15) is 0 Å². The standard InChI is InChI=1S/C32H35F2N3O6S/c1-22(32(39)35-25-8-3-2-4-9-25)36(20-23-7-5-6-10-28(23)34)31(38)21-37(26-13-11-24(33)12-14-26)44(40,41)27-15-16-29-30(19-27)43-18-17-42-29/h5-7,10-16,19,22,25H,2-4,8-9,17-18,20-21H2,1H3,(H,35,39)/t22-/m0/s1. The fourth-order valence-electron chi connectivity index (χ4n) is 5.41. The Kier molecular flexibility index (Phi) is 9.68. The van der Waals surface area contributed by atoms with Crippen LogP contribution in [-0.2, 0) is 26.2 Å². The molecule has 0 bridgehead atoms. The minimum Gasteiger partial charge on any atom is -0.486 e. The molecule has 1 N–H and O–H groups in total. The highest BCUT2D eigenvalue weighted by Crippen LogP contribution is 2.34. The smallest absolute Gasteiger partial charge is 0.264 e. The van der Waals surface area contributed by atoms with E-state index >= 15 is 0 Å². The van der Waals surface area contributed by atoms with Gasteiger partial charge in [0, 0.05) is 24.2 Å². The summed E-state index contributed by atoms with van der Waals surface area (Å²) in [6.07, 6.45) is 4.72. The summed E-state index contributed by atoms with van der Waals surface area (Å²) in [6, 6.07) is 13.6. The lowest BCUT2D eigenvalue weighted by Gasteiger charge is -2.33. The van der Waals surface area contributed by atoms with Crippen molar-refractivity contribution < 1.29 is 36.3 Å². The molecule has 9 nitrogen and oxygen atoms in total. The highest BCUT2D eigenvalue weighted by atomic mass is 32.2. The molecule has 0 aromatic heterocycles. The first-order chi connectivity index (χ1) is 21.1. The molecule has 0 radical (unpaired) electrons. The zero-order chi connectivity index (χ0) is 31.3. The minimum absolute atomic E-state index is 0.0276. The number of amides is 2. The highest BCUT2D eigenvalue weighted by Gasteiger charge is 2.34. The Morgan fingerprint density at radius 1 is 0.932 bits per heavy atom. The maximum atomic E-state index is 14.8. The lowest BCUT2D eigenvalue weighted by atomic mass is 9.95. The van der Waals surface area contributed by atoms with E-state index in [0.29, 0.717) is 12.4 Å². The van der Waals surface area contributed by atoms with Crippen LogP contribution >= 0.6 is 0 Å². The van der Waals surface area contributed by atoms with Crippen molar-refractivity contribution in [2.75, 3.05) is 24.1 Å². The van der Waals surface area contributed by atoms with Crippen molar-refractivity contribution in [3.05, 3.63) is 83.9 Å². The molecule has 3 aromatic carbocycles. The zero-order valence-corrected chi connectivity index (χ0v) is 25.2. The summed E-state index contributed by atoms with van der Waals surface area (Å²) in [5.74, 6) is -1.70. The zero-order valence-electron chi connectivity index (χ0n) is 24.4. The van der Waals surface area contributed by atoms with Crippen LogP contribution in [0.15, 0.2) is 71.6 Å². The predicted octanol–water partition coefficient (Wildman–Crippen LogP) is 4.80. The first kappa shape index (κ1) is 31.2. The van der Waals surface area contributed by atoms with Gasteiger partial charge in [-0.25, -0.2) is 17.2 Å². The molecule has 2 aliphatic rings. The average Bonchev–Trinajstić information content (AvgIpc) is 3.03. The lowest BCUT2D eigenvalue weighted by Crippen LogP contribution is -2.53. The van der Waals surface area contributed by atoms with E-state index in [-0.39, 0.29) is 41.1 Å². The fraction of sp³-hybridized carbons (Fsp3) is 0.375. The molecule has 0 saturated heterocycles. The molecule has 1 saturated carbocycles. The Hall–Kier alpha value is -4.19. The Morgan fingerprint density at radius 2 is 1.61 bits per heavy atom. The van der Waals surface area contributed by atoms with Crippen LogP contribution in [0.25, 0.3) is 0 Å². The van der Waals surface area contributed by atoms with Gasteiger partial charge >= 0.3 is 0 Å². The van der Waals surface area contributed by atoms with E-state index in [1.807, 2.05) is 0 Å². The maximum absolute atomic E-state index is 14.8. The van der Waals surface area contributed by atoms with E-state index in [1.54, 1.807) is 6.07 Å². The van der Waals surface area contributed by atoms with Crippen molar-refractivity contribution in [2.45, 2.75) is 62.6 Å². The number of carbonyl (C=O) groups excluding carboxylic acids is 2. The van der Waals surface area contributed by atoms with Crippen molar-refractivity contribution in [1.29, 1.82) is 0 Å². The number of sulfonamides is 1. The van der Waals surface area contributed by atoms with Gasteiger partial charge in [-0.1, -0.05) is 37.5 Å². The number of fused-ring (bicyclic) bond motifs is 1. The minimum atomic E-state index is -4.43. The van der Waals surface area contributed by atoms with Crippen molar-refractivity contribution in [3.63, 3.8) is 0 Å². The predicted molar refractivity (Wildman–Crippen MR) is 160 cm³/mol. The lowest BCUT2D eigenvalue weighted by molar-refractivity contribution is -0.139. The van der Waals surface area contributed by atoms with Gasteiger partial charge in [0.05, 0.1) is 10.6 Å². The topological polar surface area (TPSA) is 105 Å². The summed E-state index contributed by atoms with van der Waals surface area (Å²) in [5.41, 5.74) is 0.195. The van der Waals surface area contributed by atoms with Gasteiger partial charge in [0.2, 0.25) is 11.8 Å². The van der Waals surface area contributed by atoms with Gasteiger partial charge in [0.15, 0.2) is 11.5 Å². The number of hydrogen-bond donors (Lipinski definition) is 1. The number of benzene rings is 3. The molecular formula is C32H35F2N3O6S. The van der Waals surface area contributed by atoms with E-state index < -0.39 is 46.1 Å². The molecule has 12 heteroatoms. The summed E-state index contributed by atoms with van der Waals surface area (Å²) in [6.45, 7) is 1.08. The van der Waals surface area contributed by atoms with Gasteiger partial charge in [-0.3, -0.25) is 13.9 Å². The number of anilines is 1. The quantitative estimate of drug-likeness (QED) is 0.347. The first-order valence-corrected chi connectivity index (χ1v) is 16.1. The van der Waals surface area contributed by atoms with Gasteiger partial charge in [-0.05, 0) is 62.2 Å². The van der Waals surface area contributed by atoms with Gasteiger partial charge in [0.1, 0.15) is 37.4 Å². The molecule has 1 atom stereocenters. The van der Waals surface area contributed by atoms with E-state index in [2.05, 4.69) is 5.32 Å². The van der Waals surface area contributed by atoms with E-state index in [0.717, 1.165) is 48.5 Å². The molecule has 2 amide bonds. The van der Waals surface area contributed by atoms with Gasteiger partial charge in [0.25, 0.3) is 10.0 Å². The Bertz CT molecular complexity index is 1600. The number of halogens is 2. The second-order valence-corrected chi connectivity index (χ2v) is 12.8. The van der Waals surface area contributed by atoms with Gasteiger partial charge in [-0.15, -0.1) is 0 Å². The second-order valence-electron chi connectivity index (χ2n) is 10.9. The molecule has 0 spiro atoms. The molecule has 1 aliphatic heterocycles. The van der Waals surface area contributed by atoms with Crippen molar-refractivity contribution >= 4 is 27.5 Å². The largest absolute Gasteiger partial charge is 0.486 e. The summed E-state index contributed by atoms with van der Waals surface area (Å²) < 4.78 is 68.7. The molecular weight excluding hydrogens is 592 g/mol. The fourth-order valence-corrected chi connectivity index (χ4v) is 6.84. The number of ether oxygens (including phenoxy) is 2. The molecule has 1 fully saturated rings. The van der Waals surface area contributed by atoms with Crippen LogP contribution in [-0.4, -0.2) is 57.0 Å². The first-order valence-electron chi connectivity index (χ1n) is 14.6. The van der Waals surface area contributed by atoms with Crippen molar-refractivity contribution in [1.82, 2.24) is 10.2 Å². The molecule has 3 aromatic rings.